The summed E-state index contributed by atoms with van der Waals surface area (Å²) in [5, 5.41) is 0. The molecule has 0 bridgehead atoms. The maximum atomic E-state index is 12.2. The summed E-state index contributed by atoms with van der Waals surface area (Å²) in [5.74, 6) is 0.357. The molecule has 1 heterocycles. The van der Waals surface area contributed by atoms with Gasteiger partial charge in [0.25, 0.3) is 0 Å². The Morgan fingerprint density at radius 3 is 2.70 bits per heavy atom. The second-order valence-corrected chi connectivity index (χ2v) is 7.39. The number of ether oxygens (including phenoxy) is 1. The van der Waals surface area contributed by atoms with E-state index in [1.54, 1.807) is 23.1 Å². The number of hydrogen-bond donors (Lipinski definition) is 1. The molecule has 0 aromatic heterocycles. The van der Waals surface area contributed by atoms with E-state index in [-0.39, 0.29) is 23.8 Å². The predicted octanol–water partition coefficient (Wildman–Crippen LogP) is 1.24. The molecule has 1 atom stereocenters. The zero-order valence-electron chi connectivity index (χ0n) is 13.4. The number of carbonyl (C=O) groups excluding carboxylic acids is 1. The van der Waals surface area contributed by atoms with Crippen LogP contribution >= 0.6 is 0 Å². The third kappa shape index (κ3) is 5.30. The van der Waals surface area contributed by atoms with E-state index in [1.807, 2.05) is 6.92 Å². The summed E-state index contributed by atoms with van der Waals surface area (Å²) in [6, 6.07) is 8.16. The lowest BCUT2D eigenvalue weighted by Crippen LogP contribution is -2.37. The zero-order valence-corrected chi connectivity index (χ0v) is 14.2. The Bertz CT molecular complexity index is 598. The van der Waals surface area contributed by atoms with Crippen molar-refractivity contribution in [2.45, 2.75) is 24.7 Å². The lowest BCUT2D eigenvalue weighted by molar-refractivity contribution is -0.131. The lowest BCUT2D eigenvalue weighted by Gasteiger charge is -2.23. The Hall–Kier alpha value is -1.44. The van der Waals surface area contributed by atoms with Crippen LogP contribution in [0, 0.1) is 5.92 Å². The quantitative estimate of drug-likeness (QED) is 0.772. The van der Waals surface area contributed by atoms with Gasteiger partial charge in [-0.1, -0.05) is 18.2 Å². The second kappa shape index (κ2) is 8.42. The van der Waals surface area contributed by atoms with Crippen LogP contribution in [0.1, 0.15) is 19.8 Å². The highest BCUT2D eigenvalue weighted by atomic mass is 32.2. The molecule has 1 aromatic carbocycles. The third-order valence-electron chi connectivity index (χ3n) is 3.92. The molecule has 1 aromatic rings. The first-order chi connectivity index (χ1) is 11.0. The van der Waals surface area contributed by atoms with Crippen molar-refractivity contribution in [3.8, 4) is 0 Å². The highest BCUT2D eigenvalue weighted by Gasteiger charge is 2.22. The summed E-state index contributed by atoms with van der Waals surface area (Å²) in [6.45, 7) is 4.80. The largest absolute Gasteiger partial charge is 0.381 e. The smallest absolute Gasteiger partial charge is 0.240 e. The predicted molar refractivity (Wildman–Crippen MR) is 87.4 cm³/mol. The molecule has 0 radical (unpaired) electrons. The van der Waals surface area contributed by atoms with Crippen molar-refractivity contribution >= 4 is 15.9 Å². The van der Waals surface area contributed by atoms with Gasteiger partial charge in [0.05, 0.1) is 11.5 Å². The van der Waals surface area contributed by atoms with Crippen molar-refractivity contribution in [1.82, 2.24) is 9.62 Å². The minimum absolute atomic E-state index is 0.0323. The van der Waals surface area contributed by atoms with Gasteiger partial charge >= 0.3 is 0 Å². The van der Waals surface area contributed by atoms with Crippen molar-refractivity contribution < 1.29 is 17.9 Å². The van der Waals surface area contributed by atoms with Crippen molar-refractivity contribution in [3.63, 3.8) is 0 Å². The van der Waals surface area contributed by atoms with Crippen molar-refractivity contribution in [2.75, 3.05) is 32.8 Å². The summed E-state index contributed by atoms with van der Waals surface area (Å²) < 4.78 is 32.0. The van der Waals surface area contributed by atoms with Crippen LogP contribution in [0.15, 0.2) is 35.2 Å². The second-order valence-electron chi connectivity index (χ2n) is 5.62. The van der Waals surface area contributed by atoms with Gasteiger partial charge in [0, 0.05) is 38.6 Å². The topological polar surface area (TPSA) is 75.7 Å². The molecular formula is C16H24N2O4S. The fraction of sp³-hybridized carbons (Fsp3) is 0.562. The van der Waals surface area contributed by atoms with Crippen molar-refractivity contribution in [2.24, 2.45) is 5.92 Å². The van der Waals surface area contributed by atoms with Crippen LogP contribution in [0.4, 0.5) is 0 Å². The molecule has 23 heavy (non-hydrogen) atoms. The van der Waals surface area contributed by atoms with Crippen LogP contribution in [-0.4, -0.2) is 52.1 Å². The minimum atomic E-state index is -3.55. The standard InChI is InChI=1S/C16H24N2O4S/c1-2-18(12-14-9-11-22-13-14)16(19)8-10-17-23(20,21)15-6-4-3-5-7-15/h3-7,14,17H,2,8-13H2,1H3/t14-/m0/s1. The van der Waals surface area contributed by atoms with E-state index in [4.69, 9.17) is 4.74 Å². The first kappa shape index (κ1) is 17.9. The Balaban J connectivity index is 1.81. The number of nitrogens with zero attached hydrogens (tertiary/aromatic N) is 1. The van der Waals surface area contributed by atoms with E-state index in [1.165, 1.54) is 12.1 Å². The highest BCUT2D eigenvalue weighted by molar-refractivity contribution is 7.89. The molecule has 6 nitrogen and oxygen atoms in total. The lowest BCUT2D eigenvalue weighted by atomic mass is 10.1. The average Bonchev–Trinajstić information content (AvgIpc) is 3.06. The number of sulfonamides is 1. The molecule has 0 saturated carbocycles. The monoisotopic (exact) mass is 340 g/mol. The van der Waals surface area contributed by atoms with Crippen LogP contribution in [0.25, 0.3) is 0 Å². The molecule has 1 aliphatic rings. The Labute approximate surface area is 137 Å². The summed E-state index contributed by atoms with van der Waals surface area (Å²) in [6.07, 6.45) is 1.14. The molecule has 7 heteroatoms. The van der Waals surface area contributed by atoms with Crippen LogP contribution in [-0.2, 0) is 19.6 Å². The Kier molecular flexibility index (Phi) is 6.56. The van der Waals surface area contributed by atoms with Gasteiger partial charge in [0.2, 0.25) is 15.9 Å². The van der Waals surface area contributed by atoms with E-state index in [2.05, 4.69) is 4.72 Å². The first-order valence-corrected chi connectivity index (χ1v) is 9.41. The van der Waals surface area contributed by atoms with E-state index >= 15 is 0 Å². The molecule has 0 spiro atoms. The van der Waals surface area contributed by atoms with Gasteiger partial charge in [-0.25, -0.2) is 13.1 Å². The third-order valence-corrected chi connectivity index (χ3v) is 5.40. The molecule has 1 N–H and O–H groups in total. The highest BCUT2D eigenvalue weighted by Crippen LogP contribution is 2.14. The van der Waals surface area contributed by atoms with Gasteiger partial charge in [0.1, 0.15) is 0 Å². The fourth-order valence-corrected chi connectivity index (χ4v) is 3.63. The van der Waals surface area contributed by atoms with Gasteiger partial charge < -0.3 is 9.64 Å². The average molecular weight is 340 g/mol. The van der Waals surface area contributed by atoms with Crippen molar-refractivity contribution in [1.29, 1.82) is 0 Å². The molecule has 2 rings (SSSR count). The molecule has 1 fully saturated rings. The van der Waals surface area contributed by atoms with Gasteiger partial charge in [0.15, 0.2) is 0 Å². The molecule has 128 valence electrons. The van der Waals surface area contributed by atoms with E-state index in [9.17, 15) is 13.2 Å². The number of benzene rings is 1. The van der Waals surface area contributed by atoms with Gasteiger partial charge in [-0.05, 0) is 25.5 Å². The molecule has 1 aliphatic heterocycles. The number of carbonyl (C=O) groups is 1. The summed E-state index contributed by atoms with van der Waals surface area (Å²) in [4.78, 5) is 14.2. The molecule has 1 saturated heterocycles. The van der Waals surface area contributed by atoms with E-state index in [0.29, 0.717) is 25.6 Å². The maximum Gasteiger partial charge on any atom is 0.240 e. The number of rotatable bonds is 8. The normalized spacial score (nSPS) is 18.0. The fourth-order valence-electron chi connectivity index (χ4n) is 2.58. The van der Waals surface area contributed by atoms with Crippen molar-refractivity contribution in [3.05, 3.63) is 30.3 Å². The minimum Gasteiger partial charge on any atom is -0.381 e. The SMILES string of the molecule is CCN(C[C@@H]1CCOC1)C(=O)CCNS(=O)(=O)c1ccccc1. The maximum absolute atomic E-state index is 12.2. The first-order valence-electron chi connectivity index (χ1n) is 7.93. The summed E-state index contributed by atoms with van der Waals surface area (Å²) >= 11 is 0. The molecule has 1 amide bonds. The van der Waals surface area contributed by atoms with Gasteiger partial charge in [-0.15, -0.1) is 0 Å². The number of amides is 1. The number of hydrogen-bond acceptors (Lipinski definition) is 4. The zero-order chi connectivity index (χ0) is 16.7. The van der Waals surface area contributed by atoms with Crippen LogP contribution in [0.5, 0.6) is 0 Å². The van der Waals surface area contributed by atoms with Crippen LogP contribution in [0.3, 0.4) is 0 Å². The molecular weight excluding hydrogens is 316 g/mol. The van der Waals surface area contributed by atoms with Gasteiger partial charge in [-0.2, -0.15) is 0 Å². The van der Waals surface area contributed by atoms with E-state index < -0.39 is 10.0 Å². The van der Waals surface area contributed by atoms with Crippen LogP contribution in [0.2, 0.25) is 0 Å². The Morgan fingerprint density at radius 1 is 1.35 bits per heavy atom. The van der Waals surface area contributed by atoms with E-state index in [0.717, 1.165) is 13.0 Å². The molecule has 0 unspecified atom stereocenters. The number of nitrogens with one attached hydrogen (secondary N) is 1. The summed E-state index contributed by atoms with van der Waals surface area (Å²) in [7, 11) is -3.55. The Morgan fingerprint density at radius 2 is 2.09 bits per heavy atom. The summed E-state index contributed by atoms with van der Waals surface area (Å²) in [5.41, 5.74) is 0. The molecule has 0 aliphatic carbocycles. The van der Waals surface area contributed by atoms with Gasteiger partial charge in [-0.3, -0.25) is 4.79 Å². The van der Waals surface area contributed by atoms with Crippen LogP contribution < -0.4 is 4.72 Å².